The molecule has 0 aliphatic carbocycles. The fourth-order valence-corrected chi connectivity index (χ4v) is 20.0. The number of aromatic amines is 1. The number of thiophene rings is 2. The molecule has 9 heteroatoms. The van der Waals surface area contributed by atoms with Crippen LogP contribution in [0.4, 0.5) is 0 Å². The molecular weight excluding hydrogens is 1530 g/mol. The molecular formula is C108H67BrN6S2. The summed E-state index contributed by atoms with van der Waals surface area (Å²) in [6, 6.07) is 142. The third-order valence-electron chi connectivity index (χ3n) is 22.7. The maximum Gasteiger partial charge on any atom is 0.160 e. The average molecular weight is 1590 g/mol. The number of fused-ring (bicyclic) bond motifs is 24. The molecule has 0 amide bonds. The molecule has 6 nitrogen and oxygen atoms in total. The summed E-state index contributed by atoms with van der Waals surface area (Å²) < 4.78 is 8.86. The standard InChI is InChI=1S/C54H33N3S.C32H19NS.C22H15BrN2/c1-4-14-34(15-5-1)39-27-31-48-44(32-39)50-51-49-41-21-11-10-16-35(41)26-30-47(49)57(52(51)42-22-12-13-23-43(42)53(50)58-48)40-28-24-38(25-29-40)54-55-45(36-17-6-2-7-18-36)33-46(56-54)37-19-8-3-9-20-37;1-2-8-19(9-3-1)21-15-17-27-25(18-21)29-30-28-22-11-5-4-10-20(22)14-16-26(28)33-31(30)23-12-6-7-13-24(23)32(29)34-27;23-19-13-11-18(12-14-19)22-24-20(16-7-3-1-4-8-16)15-21(25-22)17-9-5-2-6-10-17/h1-33H;1-18,33H;1-15H. The Morgan fingerprint density at radius 2 is 0.615 bits per heavy atom. The lowest BCUT2D eigenvalue weighted by Gasteiger charge is -2.13. The van der Waals surface area contributed by atoms with Gasteiger partial charge in [-0.1, -0.05) is 331 Å². The summed E-state index contributed by atoms with van der Waals surface area (Å²) in [5, 5.41) is 20.8. The molecule has 6 heterocycles. The van der Waals surface area contributed by atoms with E-state index in [2.05, 4.69) is 347 Å². The first-order valence-corrected chi connectivity index (χ1v) is 41.8. The van der Waals surface area contributed by atoms with Gasteiger partial charge >= 0.3 is 0 Å². The fraction of sp³-hybridized carbons (Fsp3) is 0. The number of hydrogen-bond acceptors (Lipinski definition) is 6. The molecule has 0 bridgehead atoms. The van der Waals surface area contributed by atoms with Crippen molar-refractivity contribution in [1.29, 1.82) is 0 Å². The summed E-state index contributed by atoms with van der Waals surface area (Å²) in [5.74, 6) is 1.43. The van der Waals surface area contributed by atoms with Crippen molar-refractivity contribution < 1.29 is 0 Å². The summed E-state index contributed by atoms with van der Waals surface area (Å²) in [4.78, 5) is 23.7. The van der Waals surface area contributed by atoms with E-state index in [0.29, 0.717) is 5.82 Å². The van der Waals surface area contributed by atoms with E-state index in [1.165, 1.54) is 149 Å². The highest BCUT2D eigenvalue weighted by Crippen LogP contribution is 2.52. The molecule has 0 saturated carbocycles. The molecule has 24 aromatic rings. The average Bonchev–Trinajstić information content (AvgIpc) is 1.53. The van der Waals surface area contributed by atoms with E-state index in [1.54, 1.807) is 0 Å². The molecule has 1 N–H and O–H groups in total. The number of H-pyrrole nitrogens is 1. The summed E-state index contributed by atoms with van der Waals surface area (Å²) in [6.45, 7) is 0. The lowest BCUT2D eigenvalue weighted by atomic mass is 9.96. The Kier molecular flexibility index (Phi) is 17.4. The summed E-state index contributed by atoms with van der Waals surface area (Å²) in [7, 11) is 0. The van der Waals surface area contributed by atoms with Crippen molar-refractivity contribution in [1.82, 2.24) is 29.5 Å². The molecule has 0 atom stereocenters. The third kappa shape index (κ3) is 12.4. The van der Waals surface area contributed by atoms with Crippen molar-refractivity contribution in [2.45, 2.75) is 0 Å². The van der Waals surface area contributed by atoms with Gasteiger partial charge in [0.1, 0.15) is 0 Å². The molecule has 117 heavy (non-hydrogen) atoms. The van der Waals surface area contributed by atoms with Crippen LogP contribution in [-0.2, 0) is 0 Å². The Balaban J connectivity index is 0.000000118. The van der Waals surface area contributed by atoms with E-state index in [9.17, 15) is 0 Å². The van der Waals surface area contributed by atoms with Gasteiger partial charge < -0.3 is 9.55 Å². The molecule has 0 radical (unpaired) electrons. The van der Waals surface area contributed by atoms with Crippen LogP contribution in [0.3, 0.4) is 0 Å². The molecule has 548 valence electrons. The number of aromatic nitrogens is 6. The van der Waals surface area contributed by atoms with Crippen LogP contribution >= 0.6 is 38.6 Å². The van der Waals surface area contributed by atoms with E-state index >= 15 is 0 Å². The lowest BCUT2D eigenvalue weighted by molar-refractivity contribution is 1.17. The van der Waals surface area contributed by atoms with Crippen LogP contribution in [-0.4, -0.2) is 29.5 Å². The zero-order valence-electron chi connectivity index (χ0n) is 63.0. The van der Waals surface area contributed by atoms with Crippen LogP contribution in [0.2, 0.25) is 0 Å². The van der Waals surface area contributed by atoms with E-state index in [4.69, 9.17) is 19.9 Å². The Hall–Kier alpha value is -14.3. The van der Waals surface area contributed by atoms with Gasteiger partial charge in [-0.15, -0.1) is 22.7 Å². The smallest absolute Gasteiger partial charge is 0.160 e. The minimum absolute atomic E-state index is 0.700. The summed E-state index contributed by atoms with van der Waals surface area (Å²) in [6.07, 6.45) is 0. The minimum Gasteiger partial charge on any atom is -0.354 e. The fourth-order valence-electron chi connectivity index (χ4n) is 17.3. The molecule has 0 fully saturated rings. The van der Waals surface area contributed by atoms with Crippen molar-refractivity contribution in [2.75, 3.05) is 0 Å². The van der Waals surface area contributed by atoms with Crippen molar-refractivity contribution in [3.63, 3.8) is 0 Å². The predicted octanol–water partition coefficient (Wildman–Crippen LogP) is 30.8. The van der Waals surface area contributed by atoms with Gasteiger partial charge in [0.05, 0.1) is 39.3 Å². The van der Waals surface area contributed by atoms with Gasteiger partial charge in [-0.05, 0) is 129 Å². The van der Waals surface area contributed by atoms with Gasteiger partial charge in [-0.3, -0.25) is 0 Å². The van der Waals surface area contributed by atoms with Crippen LogP contribution < -0.4 is 0 Å². The van der Waals surface area contributed by atoms with E-state index in [1.807, 2.05) is 102 Å². The highest BCUT2D eigenvalue weighted by Gasteiger charge is 2.26. The number of nitrogens with zero attached hydrogens (tertiary/aromatic N) is 5. The number of benzene rings is 18. The second-order valence-electron chi connectivity index (χ2n) is 29.6. The largest absolute Gasteiger partial charge is 0.354 e. The maximum absolute atomic E-state index is 5.14. The molecule has 0 unspecified atom stereocenters. The van der Waals surface area contributed by atoms with Crippen LogP contribution in [0.25, 0.3) is 223 Å². The van der Waals surface area contributed by atoms with Crippen molar-refractivity contribution >= 4 is 166 Å². The first-order chi connectivity index (χ1) is 57.9. The number of hydrogen-bond donors (Lipinski definition) is 1. The second kappa shape index (κ2) is 29.3. The molecule has 0 aliphatic rings. The highest BCUT2D eigenvalue weighted by atomic mass is 79.9. The van der Waals surface area contributed by atoms with Gasteiger partial charge in [0, 0.05) is 132 Å². The maximum atomic E-state index is 5.14. The molecule has 18 aromatic carbocycles. The first-order valence-electron chi connectivity index (χ1n) is 39.3. The Morgan fingerprint density at radius 1 is 0.248 bits per heavy atom. The zero-order chi connectivity index (χ0) is 77.4. The van der Waals surface area contributed by atoms with Crippen molar-refractivity contribution in [2.24, 2.45) is 0 Å². The quantitative estimate of drug-likeness (QED) is 0.156. The lowest BCUT2D eigenvalue weighted by Crippen LogP contribution is -1.97. The van der Waals surface area contributed by atoms with Crippen LogP contribution in [0.5, 0.6) is 0 Å². The van der Waals surface area contributed by atoms with E-state index in [-0.39, 0.29) is 0 Å². The Labute approximate surface area is 690 Å². The van der Waals surface area contributed by atoms with Gasteiger partial charge in [0.2, 0.25) is 0 Å². The molecule has 0 spiro atoms. The SMILES string of the molecule is Brc1ccc(-c2nc(-c3ccccc3)cc(-c3ccccc3)n2)cc1.c1ccc(-c2ccc3sc4c5ccccc5c5[nH]c6ccc7ccccc7c6c5c4c3c2)cc1.c1ccc(-c2ccc3sc4c5ccccc5c5c(c4c3c2)c2c3ccccc3ccc2n5-c2ccc(-c3nc(-c4ccccc4)cc(-c4ccccc4)n3)cc2)cc1. The van der Waals surface area contributed by atoms with E-state index < -0.39 is 0 Å². The van der Waals surface area contributed by atoms with Crippen molar-refractivity contribution in [3.05, 3.63) is 405 Å². The minimum atomic E-state index is 0.700. The molecule has 6 aromatic heterocycles. The van der Waals surface area contributed by atoms with E-state index in [0.717, 1.165) is 72.1 Å². The summed E-state index contributed by atoms with van der Waals surface area (Å²) >= 11 is 7.30. The number of rotatable bonds is 9. The Morgan fingerprint density at radius 3 is 1.09 bits per heavy atom. The second-order valence-corrected chi connectivity index (χ2v) is 32.6. The van der Waals surface area contributed by atoms with Crippen LogP contribution in [0.15, 0.2) is 405 Å². The number of halogens is 1. The third-order valence-corrected chi connectivity index (χ3v) is 25.7. The topological polar surface area (TPSA) is 72.3 Å². The van der Waals surface area contributed by atoms with Gasteiger partial charge in [-0.25, -0.2) is 19.9 Å². The monoisotopic (exact) mass is 1590 g/mol. The highest BCUT2D eigenvalue weighted by molar-refractivity contribution is 9.10. The molecule has 0 aliphatic heterocycles. The van der Waals surface area contributed by atoms with Crippen LogP contribution in [0.1, 0.15) is 0 Å². The van der Waals surface area contributed by atoms with Gasteiger partial charge in [0.25, 0.3) is 0 Å². The molecule has 0 saturated heterocycles. The molecule has 24 rings (SSSR count). The van der Waals surface area contributed by atoms with Gasteiger partial charge in [0.15, 0.2) is 11.6 Å². The normalized spacial score (nSPS) is 11.6. The van der Waals surface area contributed by atoms with Crippen LogP contribution in [0, 0.1) is 0 Å². The zero-order valence-corrected chi connectivity index (χ0v) is 66.3. The summed E-state index contributed by atoms with van der Waals surface area (Å²) in [5.41, 5.74) is 20.8. The Bertz CT molecular complexity index is 7850. The van der Waals surface area contributed by atoms with Gasteiger partial charge in [-0.2, -0.15) is 0 Å². The van der Waals surface area contributed by atoms with Crippen molar-refractivity contribution in [3.8, 4) is 95.7 Å². The predicted molar refractivity (Wildman–Crippen MR) is 501 cm³/mol. The number of nitrogens with one attached hydrogen (secondary N) is 1. The first kappa shape index (κ1) is 69.4.